The zero-order valence-corrected chi connectivity index (χ0v) is 18.9. The summed E-state index contributed by atoms with van der Waals surface area (Å²) in [7, 11) is 0. The van der Waals surface area contributed by atoms with Crippen molar-refractivity contribution in [1.82, 2.24) is 4.57 Å². The van der Waals surface area contributed by atoms with Gasteiger partial charge in [-0.15, -0.1) is 0 Å². The number of pyridine rings is 1. The van der Waals surface area contributed by atoms with Crippen molar-refractivity contribution in [2.75, 3.05) is 6.61 Å². The molecule has 1 aromatic heterocycles. The molecule has 1 heterocycles. The summed E-state index contributed by atoms with van der Waals surface area (Å²) < 4.78 is 7.36. The number of benzene rings is 3. The molecule has 0 bridgehead atoms. The minimum Gasteiger partial charge on any atom is -0.463 e. The minimum atomic E-state index is -0.806. The summed E-state index contributed by atoms with van der Waals surface area (Å²) in [6.45, 7) is 0.629. The molecule has 5 heteroatoms. The molecule has 1 unspecified atom stereocenters. The number of aromatic nitrogens is 1. The lowest BCUT2D eigenvalue weighted by molar-refractivity contribution is -0.146. The van der Waals surface area contributed by atoms with Gasteiger partial charge in [0.25, 0.3) is 0 Å². The fourth-order valence-corrected chi connectivity index (χ4v) is 3.97. The van der Waals surface area contributed by atoms with E-state index in [0.29, 0.717) is 23.7 Å². The summed E-state index contributed by atoms with van der Waals surface area (Å²) in [5.74, 6) is 5.56. The summed E-state index contributed by atoms with van der Waals surface area (Å²) in [5.41, 5.74) is 2.72. The number of aliphatic hydroxyl groups excluding tert-OH is 1. The zero-order chi connectivity index (χ0) is 23.8. The summed E-state index contributed by atoms with van der Waals surface area (Å²) in [5, 5.41) is 11.4. The van der Waals surface area contributed by atoms with Gasteiger partial charge in [-0.25, -0.2) is 0 Å². The number of carbonyl (C=O) groups is 1. The number of nitrogens with zero attached hydrogens (tertiary/aromatic N) is 1. The Kier molecular flexibility index (Phi) is 7.75. The maximum Gasteiger partial charge on any atom is 0.305 e. The molecule has 172 valence electrons. The molecule has 0 aliphatic rings. The molecule has 0 aliphatic heterocycles. The van der Waals surface area contributed by atoms with Crippen molar-refractivity contribution in [1.29, 1.82) is 0 Å². The van der Waals surface area contributed by atoms with E-state index in [0.717, 1.165) is 23.0 Å². The average molecular weight is 454 g/mol. The maximum atomic E-state index is 12.8. The molecule has 0 saturated carbocycles. The lowest BCUT2D eigenvalue weighted by Crippen LogP contribution is -2.18. The van der Waals surface area contributed by atoms with Crippen molar-refractivity contribution >= 4 is 27.8 Å². The Balaban J connectivity index is 1.27. The molecule has 5 nitrogen and oxygen atoms in total. The molecule has 0 fully saturated rings. The molecule has 0 radical (unpaired) electrons. The van der Waals surface area contributed by atoms with E-state index in [2.05, 4.69) is 16.4 Å². The Morgan fingerprint density at radius 3 is 2.18 bits per heavy atom. The van der Waals surface area contributed by atoms with Crippen LogP contribution in [0.1, 0.15) is 31.2 Å². The first kappa shape index (κ1) is 23.3. The van der Waals surface area contributed by atoms with Crippen molar-refractivity contribution in [2.24, 2.45) is 0 Å². The standard InChI is InChI=1S/C29H27NO4/c31-23(14-10-13-22-11-2-1-3-12-22)21-34-28(32)19-8-9-20-30-26-17-6-4-15-24(26)29(33)25-16-5-7-18-27(25)30/h1-7,11-12,15-18,23,31H,8-9,14,19-21H2. The molecule has 1 atom stereocenters. The predicted octanol–water partition coefficient (Wildman–Crippen LogP) is 4.67. The van der Waals surface area contributed by atoms with Crippen LogP contribution >= 0.6 is 0 Å². The van der Waals surface area contributed by atoms with Gasteiger partial charge < -0.3 is 14.4 Å². The summed E-state index contributed by atoms with van der Waals surface area (Å²) >= 11 is 0. The first-order valence-electron chi connectivity index (χ1n) is 11.5. The first-order chi connectivity index (χ1) is 16.6. The van der Waals surface area contributed by atoms with Crippen molar-refractivity contribution in [2.45, 2.75) is 38.3 Å². The number of unbranched alkanes of at least 4 members (excludes halogenated alkanes) is 1. The van der Waals surface area contributed by atoms with Crippen LogP contribution in [0.5, 0.6) is 0 Å². The number of rotatable bonds is 8. The number of aryl methyl sites for hydroxylation is 1. The number of hydrogen-bond acceptors (Lipinski definition) is 4. The van der Waals surface area contributed by atoms with Crippen LogP contribution in [0.4, 0.5) is 0 Å². The topological polar surface area (TPSA) is 68.5 Å². The van der Waals surface area contributed by atoms with Crippen LogP contribution in [-0.2, 0) is 16.1 Å². The molecule has 3 aromatic carbocycles. The number of aliphatic hydroxyl groups is 1. The van der Waals surface area contributed by atoms with Crippen molar-refractivity contribution in [3.05, 3.63) is 94.6 Å². The highest BCUT2D eigenvalue weighted by molar-refractivity contribution is 5.93. The van der Waals surface area contributed by atoms with Gasteiger partial charge in [0, 0.05) is 35.7 Å². The number of hydrogen-bond donors (Lipinski definition) is 1. The van der Waals surface area contributed by atoms with Gasteiger partial charge in [-0.1, -0.05) is 54.3 Å². The summed E-state index contributed by atoms with van der Waals surface area (Å²) in [6, 6.07) is 24.8. The third-order valence-corrected chi connectivity index (χ3v) is 5.67. The summed E-state index contributed by atoms with van der Waals surface area (Å²) in [4.78, 5) is 24.9. The van der Waals surface area contributed by atoms with Crippen molar-refractivity contribution in [3.63, 3.8) is 0 Å². The van der Waals surface area contributed by atoms with Crippen LogP contribution in [0.3, 0.4) is 0 Å². The van der Waals surface area contributed by atoms with Gasteiger partial charge in [-0.2, -0.15) is 0 Å². The number of esters is 1. The number of fused-ring (bicyclic) bond motifs is 2. The number of ether oxygens (including phenoxy) is 1. The van der Waals surface area contributed by atoms with Crippen molar-refractivity contribution in [3.8, 4) is 11.8 Å². The quantitative estimate of drug-likeness (QED) is 0.182. The van der Waals surface area contributed by atoms with E-state index in [1.807, 2.05) is 78.9 Å². The monoisotopic (exact) mass is 453 g/mol. The first-order valence-corrected chi connectivity index (χ1v) is 11.5. The van der Waals surface area contributed by atoms with E-state index in [4.69, 9.17) is 4.74 Å². The highest BCUT2D eigenvalue weighted by Crippen LogP contribution is 2.20. The summed E-state index contributed by atoms with van der Waals surface area (Å²) in [6.07, 6.45) is 1.13. The van der Waals surface area contributed by atoms with Crippen LogP contribution in [0.2, 0.25) is 0 Å². The molecular formula is C29H27NO4. The third-order valence-electron chi connectivity index (χ3n) is 5.67. The third kappa shape index (κ3) is 5.72. The molecule has 0 spiro atoms. The largest absolute Gasteiger partial charge is 0.463 e. The number of para-hydroxylation sites is 2. The number of carbonyl (C=O) groups excluding carboxylic acids is 1. The average Bonchev–Trinajstić information content (AvgIpc) is 2.87. The van der Waals surface area contributed by atoms with Gasteiger partial charge in [0.05, 0.1) is 17.1 Å². The Bertz CT molecular complexity index is 1340. The van der Waals surface area contributed by atoms with E-state index in [1.54, 1.807) is 0 Å². The maximum absolute atomic E-state index is 12.8. The predicted molar refractivity (Wildman–Crippen MR) is 134 cm³/mol. The molecule has 0 amide bonds. The molecule has 0 saturated heterocycles. The Morgan fingerprint density at radius 1 is 0.882 bits per heavy atom. The molecule has 4 rings (SSSR count). The smallest absolute Gasteiger partial charge is 0.305 e. The Morgan fingerprint density at radius 2 is 1.50 bits per heavy atom. The molecule has 1 N–H and O–H groups in total. The second-order valence-electron chi connectivity index (χ2n) is 8.18. The Hall–Kier alpha value is -3.88. The minimum absolute atomic E-state index is 0.0399. The van der Waals surface area contributed by atoms with Gasteiger partial charge in [0.1, 0.15) is 6.61 Å². The van der Waals surface area contributed by atoms with Crippen molar-refractivity contribution < 1.29 is 14.6 Å². The zero-order valence-electron chi connectivity index (χ0n) is 18.9. The van der Waals surface area contributed by atoms with Crippen LogP contribution in [0.15, 0.2) is 83.7 Å². The highest BCUT2D eigenvalue weighted by Gasteiger charge is 2.11. The lowest BCUT2D eigenvalue weighted by Gasteiger charge is -2.15. The van der Waals surface area contributed by atoms with Gasteiger partial charge in [-0.05, 0) is 49.2 Å². The Labute approximate surface area is 198 Å². The fourth-order valence-electron chi connectivity index (χ4n) is 3.97. The highest BCUT2D eigenvalue weighted by atomic mass is 16.5. The fraction of sp³-hybridized carbons (Fsp3) is 0.241. The van der Waals surface area contributed by atoms with Gasteiger partial charge in [0.2, 0.25) is 0 Å². The SMILES string of the molecule is O=C(CCCCn1c2ccccc2c(=O)c2ccccc21)OCC(O)CC#Cc1ccccc1. The van der Waals surface area contributed by atoms with Crippen LogP contribution in [0, 0.1) is 11.8 Å². The van der Waals surface area contributed by atoms with E-state index in [1.165, 1.54) is 0 Å². The second kappa shape index (κ2) is 11.3. The van der Waals surface area contributed by atoms with Crippen LogP contribution < -0.4 is 5.43 Å². The molecule has 4 aromatic rings. The van der Waals surface area contributed by atoms with Gasteiger partial charge in [-0.3, -0.25) is 9.59 Å². The molecular weight excluding hydrogens is 426 g/mol. The van der Waals surface area contributed by atoms with Gasteiger partial charge in [0.15, 0.2) is 5.43 Å². The second-order valence-corrected chi connectivity index (χ2v) is 8.18. The lowest BCUT2D eigenvalue weighted by atomic mass is 10.1. The molecule has 34 heavy (non-hydrogen) atoms. The van der Waals surface area contributed by atoms with Crippen LogP contribution in [-0.4, -0.2) is 28.4 Å². The normalized spacial score (nSPS) is 11.7. The van der Waals surface area contributed by atoms with Gasteiger partial charge >= 0.3 is 5.97 Å². The van der Waals surface area contributed by atoms with E-state index in [-0.39, 0.29) is 30.8 Å². The van der Waals surface area contributed by atoms with E-state index >= 15 is 0 Å². The molecule has 0 aliphatic carbocycles. The van der Waals surface area contributed by atoms with E-state index < -0.39 is 6.10 Å². The van der Waals surface area contributed by atoms with E-state index in [9.17, 15) is 14.7 Å². The van der Waals surface area contributed by atoms with Crippen LogP contribution in [0.25, 0.3) is 21.8 Å².